The van der Waals surface area contributed by atoms with Gasteiger partial charge in [-0.2, -0.15) is 17.5 Å². The first kappa shape index (κ1) is 18.0. The average Bonchev–Trinajstić information content (AvgIpc) is 2.53. The van der Waals surface area contributed by atoms with Crippen LogP contribution in [0, 0.1) is 0 Å². The first-order valence-corrected chi connectivity index (χ1v) is 8.60. The minimum atomic E-state index is -4.47. The SMILES string of the molecule is CCC(O)S(=O)(=O)N1CCN(c2cncc(C(F)(F)F)c2)CC1. The smallest absolute Gasteiger partial charge is 0.376 e. The lowest BCUT2D eigenvalue weighted by Crippen LogP contribution is -2.51. The number of piperazine rings is 1. The Bertz CT molecular complexity index is 643. The van der Waals surface area contributed by atoms with Gasteiger partial charge in [0.2, 0.25) is 10.0 Å². The molecular weight excluding hydrogens is 335 g/mol. The summed E-state index contributed by atoms with van der Waals surface area (Å²) in [6, 6.07) is 0.998. The third-order valence-corrected chi connectivity index (χ3v) is 5.81. The van der Waals surface area contributed by atoms with Crippen LogP contribution in [0.2, 0.25) is 0 Å². The molecule has 2 heterocycles. The van der Waals surface area contributed by atoms with Crippen molar-refractivity contribution in [3.8, 4) is 0 Å². The Balaban J connectivity index is 2.08. The standard InChI is InChI=1S/C13H18F3N3O3S/c1-2-12(20)23(21,22)19-5-3-18(4-6-19)11-7-10(8-17-9-11)13(14,15)16/h7-9,12,20H,2-6H2,1H3. The van der Waals surface area contributed by atoms with Crippen molar-refractivity contribution in [2.24, 2.45) is 0 Å². The van der Waals surface area contributed by atoms with Gasteiger partial charge in [0, 0.05) is 32.4 Å². The lowest BCUT2D eigenvalue weighted by Gasteiger charge is -2.36. The highest BCUT2D eigenvalue weighted by Gasteiger charge is 2.34. The van der Waals surface area contributed by atoms with Crippen LogP contribution in [0.25, 0.3) is 0 Å². The van der Waals surface area contributed by atoms with Gasteiger partial charge in [0.1, 0.15) is 0 Å². The molecule has 1 aliphatic heterocycles. The van der Waals surface area contributed by atoms with Gasteiger partial charge in [-0.15, -0.1) is 0 Å². The number of halogens is 3. The fourth-order valence-electron chi connectivity index (χ4n) is 2.34. The van der Waals surface area contributed by atoms with Crippen LogP contribution in [0.3, 0.4) is 0 Å². The van der Waals surface area contributed by atoms with Gasteiger partial charge in [0.05, 0.1) is 17.4 Å². The van der Waals surface area contributed by atoms with Gasteiger partial charge >= 0.3 is 6.18 Å². The summed E-state index contributed by atoms with van der Waals surface area (Å²) >= 11 is 0. The van der Waals surface area contributed by atoms with Gasteiger partial charge in [-0.1, -0.05) is 6.92 Å². The number of sulfonamides is 1. The number of aliphatic hydroxyl groups is 1. The van der Waals surface area contributed by atoms with Crippen molar-refractivity contribution < 1.29 is 26.7 Å². The number of aliphatic hydroxyl groups excluding tert-OH is 1. The van der Waals surface area contributed by atoms with E-state index in [0.29, 0.717) is 5.69 Å². The topological polar surface area (TPSA) is 73.7 Å². The predicted molar refractivity (Wildman–Crippen MR) is 78.2 cm³/mol. The first-order valence-electron chi connectivity index (χ1n) is 7.10. The number of anilines is 1. The molecule has 1 aromatic heterocycles. The summed E-state index contributed by atoms with van der Waals surface area (Å²) in [5.41, 5.74) is -2.00. The van der Waals surface area contributed by atoms with E-state index in [1.54, 1.807) is 11.8 Å². The lowest BCUT2D eigenvalue weighted by molar-refractivity contribution is -0.137. The van der Waals surface area contributed by atoms with Crippen molar-refractivity contribution in [2.45, 2.75) is 25.0 Å². The molecular formula is C13H18F3N3O3S. The van der Waals surface area contributed by atoms with Gasteiger partial charge < -0.3 is 10.0 Å². The molecule has 1 saturated heterocycles. The van der Waals surface area contributed by atoms with E-state index in [0.717, 1.165) is 12.3 Å². The molecule has 1 unspecified atom stereocenters. The van der Waals surface area contributed by atoms with E-state index < -0.39 is 27.2 Å². The maximum atomic E-state index is 12.7. The Morgan fingerprint density at radius 3 is 2.39 bits per heavy atom. The summed E-state index contributed by atoms with van der Waals surface area (Å²) < 4.78 is 63.4. The molecule has 10 heteroatoms. The average molecular weight is 353 g/mol. The van der Waals surface area contributed by atoms with E-state index in [-0.39, 0.29) is 32.6 Å². The van der Waals surface area contributed by atoms with Gasteiger partial charge in [0.25, 0.3) is 0 Å². The molecule has 0 amide bonds. The largest absolute Gasteiger partial charge is 0.417 e. The molecule has 0 bridgehead atoms. The molecule has 0 aliphatic carbocycles. The Hall–Kier alpha value is -1.39. The Kier molecular flexibility index (Phi) is 5.17. The number of pyridine rings is 1. The zero-order valence-electron chi connectivity index (χ0n) is 12.5. The summed E-state index contributed by atoms with van der Waals surface area (Å²) in [6.07, 6.45) is -2.32. The van der Waals surface area contributed by atoms with Crippen molar-refractivity contribution in [3.63, 3.8) is 0 Å². The molecule has 6 nitrogen and oxygen atoms in total. The molecule has 0 spiro atoms. The zero-order chi connectivity index (χ0) is 17.3. The second kappa shape index (κ2) is 6.62. The highest BCUT2D eigenvalue weighted by atomic mass is 32.2. The van der Waals surface area contributed by atoms with Crippen molar-refractivity contribution >= 4 is 15.7 Å². The van der Waals surface area contributed by atoms with Gasteiger partial charge in [-0.25, -0.2) is 8.42 Å². The molecule has 0 radical (unpaired) electrons. The second-order valence-corrected chi connectivity index (χ2v) is 7.31. The van der Waals surface area contributed by atoms with Crippen LogP contribution in [0.15, 0.2) is 18.5 Å². The molecule has 0 saturated carbocycles. The van der Waals surface area contributed by atoms with Crippen molar-refractivity contribution in [1.29, 1.82) is 0 Å². The molecule has 1 aromatic rings. The Labute approximate surface area is 132 Å². The Morgan fingerprint density at radius 2 is 1.87 bits per heavy atom. The van der Waals surface area contributed by atoms with E-state index in [9.17, 15) is 26.7 Å². The molecule has 130 valence electrons. The molecule has 1 fully saturated rings. The third kappa shape index (κ3) is 3.93. The number of aromatic nitrogens is 1. The first-order chi connectivity index (χ1) is 10.7. The fourth-order valence-corrected chi connectivity index (χ4v) is 3.78. The van der Waals surface area contributed by atoms with Gasteiger partial charge in [-0.3, -0.25) is 4.98 Å². The van der Waals surface area contributed by atoms with Crippen LogP contribution in [-0.2, 0) is 16.2 Å². The van der Waals surface area contributed by atoms with Gasteiger partial charge in [-0.05, 0) is 12.5 Å². The molecule has 1 aliphatic rings. The minimum absolute atomic E-state index is 0.0834. The number of nitrogens with zero attached hydrogens (tertiary/aromatic N) is 3. The van der Waals surface area contributed by atoms with Gasteiger partial charge in [0.15, 0.2) is 5.44 Å². The van der Waals surface area contributed by atoms with E-state index in [1.807, 2.05) is 0 Å². The molecule has 2 rings (SSSR count). The number of alkyl halides is 3. The van der Waals surface area contributed by atoms with E-state index in [4.69, 9.17) is 0 Å². The number of hydrogen-bond donors (Lipinski definition) is 1. The lowest BCUT2D eigenvalue weighted by atomic mass is 10.2. The third-order valence-electron chi connectivity index (χ3n) is 3.71. The fraction of sp³-hybridized carbons (Fsp3) is 0.615. The Morgan fingerprint density at radius 1 is 1.26 bits per heavy atom. The summed E-state index contributed by atoms with van der Waals surface area (Å²) in [6.45, 7) is 2.25. The summed E-state index contributed by atoms with van der Waals surface area (Å²) in [7, 11) is -3.78. The van der Waals surface area contributed by atoms with Crippen LogP contribution in [0.1, 0.15) is 18.9 Å². The normalized spacial score (nSPS) is 18.9. The predicted octanol–water partition coefficient (Wildman–Crippen LogP) is 1.28. The van der Waals surface area contributed by atoms with Crippen molar-refractivity contribution in [3.05, 3.63) is 24.0 Å². The quantitative estimate of drug-likeness (QED) is 0.883. The second-order valence-electron chi connectivity index (χ2n) is 5.22. The maximum absolute atomic E-state index is 12.7. The molecule has 1 atom stereocenters. The van der Waals surface area contributed by atoms with E-state index in [1.165, 1.54) is 10.5 Å². The van der Waals surface area contributed by atoms with Crippen LogP contribution in [0.4, 0.5) is 18.9 Å². The van der Waals surface area contributed by atoms with Crippen LogP contribution >= 0.6 is 0 Å². The highest BCUT2D eigenvalue weighted by molar-refractivity contribution is 7.89. The molecule has 23 heavy (non-hydrogen) atoms. The molecule has 1 N–H and O–H groups in total. The van der Waals surface area contributed by atoms with Crippen LogP contribution in [0.5, 0.6) is 0 Å². The van der Waals surface area contributed by atoms with E-state index >= 15 is 0 Å². The van der Waals surface area contributed by atoms with Crippen LogP contribution in [-0.4, -0.2) is 54.4 Å². The summed E-state index contributed by atoms with van der Waals surface area (Å²) in [4.78, 5) is 5.25. The minimum Gasteiger partial charge on any atom is -0.376 e. The van der Waals surface area contributed by atoms with E-state index in [2.05, 4.69) is 4.98 Å². The number of hydrogen-bond acceptors (Lipinski definition) is 5. The molecule has 0 aromatic carbocycles. The van der Waals surface area contributed by atoms with Crippen molar-refractivity contribution in [1.82, 2.24) is 9.29 Å². The maximum Gasteiger partial charge on any atom is 0.417 e. The summed E-state index contributed by atoms with van der Waals surface area (Å²) in [5.74, 6) is 0. The van der Waals surface area contributed by atoms with Crippen molar-refractivity contribution in [2.75, 3.05) is 31.1 Å². The number of rotatable bonds is 4. The highest BCUT2D eigenvalue weighted by Crippen LogP contribution is 2.31. The van der Waals surface area contributed by atoms with Crippen LogP contribution < -0.4 is 4.90 Å². The monoisotopic (exact) mass is 353 g/mol. The zero-order valence-corrected chi connectivity index (χ0v) is 13.3. The summed E-state index contributed by atoms with van der Waals surface area (Å²) in [5, 5.41) is 9.57.